The lowest BCUT2D eigenvalue weighted by Crippen LogP contribution is -2.25. The van der Waals surface area contributed by atoms with Crippen molar-refractivity contribution in [3.8, 4) is 11.5 Å². The highest BCUT2D eigenvalue weighted by atomic mass is 16.5. The molecule has 0 aromatic heterocycles. The van der Waals surface area contributed by atoms with Crippen LogP contribution in [0.3, 0.4) is 0 Å². The molecule has 0 aliphatic heterocycles. The Morgan fingerprint density at radius 2 is 1.21 bits per heavy atom. The summed E-state index contributed by atoms with van der Waals surface area (Å²) in [6, 6.07) is 3.42. The molecule has 0 radical (unpaired) electrons. The summed E-state index contributed by atoms with van der Waals surface area (Å²) < 4.78 is 11.0. The molecule has 1 aromatic rings. The fraction of sp³-hybridized carbons (Fsp3) is 0.704. The fourth-order valence-corrected chi connectivity index (χ4v) is 3.94. The van der Waals surface area contributed by atoms with E-state index in [1.807, 2.05) is 0 Å². The first kappa shape index (κ1) is 28.8. The van der Waals surface area contributed by atoms with Crippen LogP contribution in [0.1, 0.15) is 99.3 Å². The summed E-state index contributed by atoms with van der Waals surface area (Å²) in [6.07, 6.45) is 8.33. The van der Waals surface area contributed by atoms with Crippen LogP contribution in [-0.2, 0) is 9.59 Å². The lowest BCUT2D eigenvalue weighted by atomic mass is 9.77. The van der Waals surface area contributed by atoms with E-state index in [4.69, 9.17) is 9.47 Å². The Labute approximate surface area is 201 Å². The zero-order valence-electron chi connectivity index (χ0n) is 22.2. The summed E-state index contributed by atoms with van der Waals surface area (Å²) in [5.74, 6) is 0.847. The molecule has 2 N–H and O–H groups in total. The summed E-state index contributed by atoms with van der Waals surface area (Å²) in [4.78, 5) is 25.6. The van der Waals surface area contributed by atoms with Gasteiger partial charge in [0.05, 0.1) is 25.6 Å². The first-order chi connectivity index (χ1) is 15.5. The average molecular weight is 463 g/mol. The van der Waals surface area contributed by atoms with Crippen molar-refractivity contribution in [1.29, 1.82) is 0 Å². The maximum absolute atomic E-state index is 13.0. The standard InChI is InChI=1S/C27H46N2O4/c1-9-12-14-27(6,15-13-10-2)19-25(31)29-21-17-22(32-7)20(16-23(21)33-8)28-24(30)18-26(4,5)11-3/h16-17H,9-15,18-19H2,1-8H3,(H,28,30)(H,29,31). The molecule has 0 bridgehead atoms. The average Bonchev–Trinajstić information content (AvgIpc) is 2.76. The van der Waals surface area contributed by atoms with Gasteiger partial charge in [0.2, 0.25) is 11.8 Å². The van der Waals surface area contributed by atoms with Crippen LogP contribution < -0.4 is 20.1 Å². The monoisotopic (exact) mass is 462 g/mol. The summed E-state index contributed by atoms with van der Waals surface area (Å²) in [7, 11) is 3.10. The van der Waals surface area contributed by atoms with E-state index in [0.29, 0.717) is 35.7 Å². The van der Waals surface area contributed by atoms with Crippen molar-refractivity contribution >= 4 is 23.2 Å². The molecule has 6 nitrogen and oxygen atoms in total. The molecule has 1 aromatic carbocycles. The molecular formula is C27H46N2O4. The van der Waals surface area contributed by atoms with E-state index in [2.05, 4.69) is 52.2 Å². The molecule has 0 fully saturated rings. The Balaban J connectivity index is 3.04. The van der Waals surface area contributed by atoms with Gasteiger partial charge in [-0.25, -0.2) is 0 Å². The summed E-state index contributed by atoms with van der Waals surface area (Å²) in [5.41, 5.74) is 0.963. The molecular weight excluding hydrogens is 416 g/mol. The minimum atomic E-state index is -0.0858. The topological polar surface area (TPSA) is 76.7 Å². The van der Waals surface area contributed by atoms with E-state index >= 15 is 0 Å². The van der Waals surface area contributed by atoms with Crippen LogP contribution >= 0.6 is 0 Å². The van der Waals surface area contributed by atoms with Crippen LogP contribution in [0.25, 0.3) is 0 Å². The molecule has 0 aliphatic rings. The van der Waals surface area contributed by atoms with Gasteiger partial charge in [0.25, 0.3) is 0 Å². The van der Waals surface area contributed by atoms with Gasteiger partial charge < -0.3 is 20.1 Å². The van der Waals surface area contributed by atoms with Crippen molar-refractivity contribution in [1.82, 2.24) is 0 Å². The molecule has 0 aliphatic carbocycles. The third kappa shape index (κ3) is 9.65. The van der Waals surface area contributed by atoms with Gasteiger partial charge in [0, 0.05) is 25.0 Å². The lowest BCUT2D eigenvalue weighted by molar-refractivity contribution is -0.119. The van der Waals surface area contributed by atoms with Gasteiger partial charge in [-0.3, -0.25) is 9.59 Å². The Morgan fingerprint density at radius 3 is 1.58 bits per heavy atom. The zero-order chi connectivity index (χ0) is 25.1. The molecule has 0 spiro atoms. The molecule has 0 atom stereocenters. The van der Waals surface area contributed by atoms with Gasteiger partial charge in [-0.15, -0.1) is 0 Å². The number of nitrogens with one attached hydrogen (secondary N) is 2. The van der Waals surface area contributed by atoms with Crippen LogP contribution in [-0.4, -0.2) is 26.0 Å². The molecule has 188 valence electrons. The van der Waals surface area contributed by atoms with Crippen molar-refractivity contribution in [3.05, 3.63) is 12.1 Å². The molecule has 2 amide bonds. The third-order valence-corrected chi connectivity index (χ3v) is 6.52. The minimum absolute atomic E-state index is 0.0204. The van der Waals surface area contributed by atoms with E-state index < -0.39 is 0 Å². The Morgan fingerprint density at radius 1 is 0.788 bits per heavy atom. The summed E-state index contributed by atoms with van der Waals surface area (Å²) in [6.45, 7) is 12.8. The third-order valence-electron chi connectivity index (χ3n) is 6.52. The molecule has 0 unspecified atom stereocenters. The maximum atomic E-state index is 13.0. The van der Waals surface area contributed by atoms with E-state index in [-0.39, 0.29) is 22.6 Å². The first-order valence-corrected chi connectivity index (χ1v) is 12.4. The predicted molar refractivity (Wildman–Crippen MR) is 137 cm³/mol. The Hall–Kier alpha value is -2.24. The van der Waals surface area contributed by atoms with Crippen LogP contribution in [0.15, 0.2) is 12.1 Å². The van der Waals surface area contributed by atoms with Crippen molar-refractivity contribution < 1.29 is 19.1 Å². The zero-order valence-corrected chi connectivity index (χ0v) is 22.2. The van der Waals surface area contributed by atoms with Gasteiger partial charge >= 0.3 is 0 Å². The second-order valence-electron chi connectivity index (χ2n) is 10.2. The highest BCUT2D eigenvalue weighted by Crippen LogP contribution is 2.39. The van der Waals surface area contributed by atoms with Gasteiger partial charge in [0.1, 0.15) is 11.5 Å². The van der Waals surface area contributed by atoms with E-state index in [1.54, 1.807) is 26.4 Å². The Bertz CT molecular complexity index is 766. The quantitative estimate of drug-likeness (QED) is 0.289. The van der Waals surface area contributed by atoms with E-state index in [9.17, 15) is 9.59 Å². The van der Waals surface area contributed by atoms with Crippen molar-refractivity contribution in [2.75, 3.05) is 24.9 Å². The second-order valence-corrected chi connectivity index (χ2v) is 10.2. The molecule has 1 rings (SSSR count). The molecule has 0 saturated carbocycles. The van der Waals surface area contributed by atoms with Crippen LogP contribution in [0.5, 0.6) is 11.5 Å². The van der Waals surface area contributed by atoms with E-state index in [0.717, 1.165) is 44.9 Å². The number of anilines is 2. The van der Waals surface area contributed by atoms with Crippen molar-refractivity contribution in [2.24, 2.45) is 10.8 Å². The maximum Gasteiger partial charge on any atom is 0.225 e. The van der Waals surface area contributed by atoms with Crippen molar-refractivity contribution in [2.45, 2.75) is 99.3 Å². The van der Waals surface area contributed by atoms with Crippen LogP contribution in [0.2, 0.25) is 0 Å². The minimum Gasteiger partial charge on any atom is -0.494 e. The van der Waals surface area contributed by atoms with Crippen LogP contribution in [0, 0.1) is 10.8 Å². The number of carbonyl (C=O) groups is 2. The van der Waals surface area contributed by atoms with Crippen LogP contribution in [0.4, 0.5) is 11.4 Å². The first-order valence-electron chi connectivity index (χ1n) is 12.4. The highest BCUT2D eigenvalue weighted by Gasteiger charge is 2.27. The Kier molecular flexibility index (Phi) is 11.7. The van der Waals surface area contributed by atoms with Gasteiger partial charge in [-0.2, -0.15) is 0 Å². The fourth-order valence-electron chi connectivity index (χ4n) is 3.94. The predicted octanol–water partition coefficient (Wildman–Crippen LogP) is 7.18. The molecule has 0 heterocycles. The molecule has 6 heteroatoms. The SMILES string of the molecule is CCCCC(C)(CCCC)CC(=O)Nc1cc(OC)c(NC(=O)CC(C)(C)CC)cc1OC. The number of unbranched alkanes of at least 4 members (excludes halogenated alkanes) is 2. The van der Waals surface area contributed by atoms with Gasteiger partial charge in [0.15, 0.2) is 0 Å². The largest absolute Gasteiger partial charge is 0.494 e. The number of hydrogen-bond acceptors (Lipinski definition) is 4. The van der Waals surface area contributed by atoms with Gasteiger partial charge in [-0.05, 0) is 23.7 Å². The highest BCUT2D eigenvalue weighted by molar-refractivity contribution is 5.96. The second kappa shape index (κ2) is 13.5. The number of benzene rings is 1. The number of hydrogen-bond donors (Lipinski definition) is 2. The summed E-state index contributed by atoms with van der Waals surface area (Å²) >= 11 is 0. The number of methoxy groups -OCH3 is 2. The number of ether oxygens (including phenoxy) is 2. The van der Waals surface area contributed by atoms with E-state index in [1.165, 1.54) is 0 Å². The number of amides is 2. The van der Waals surface area contributed by atoms with Crippen molar-refractivity contribution in [3.63, 3.8) is 0 Å². The molecule has 33 heavy (non-hydrogen) atoms. The number of rotatable bonds is 15. The smallest absolute Gasteiger partial charge is 0.225 e. The van der Waals surface area contributed by atoms with Gasteiger partial charge in [-0.1, -0.05) is 73.6 Å². The normalized spacial score (nSPS) is 11.8. The molecule has 0 saturated heterocycles. The summed E-state index contributed by atoms with van der Waals surface area (Å²) in [5, 5.41) is 5.95. The number of carbonyl (C=O) groups excluding carboxylic acids is 2. The lowest BCUT2D eigenvalue weighted by Gasteiger charge is -2.29.